The minimum Gasteiger partial charge on any atom is -0.366 e. The summed E-state index contributed by atoms with van der Waals surface area (Å²) >= 11 is 0. The average Bonchev–Trinajstić information content (AvgIpc) is 3.20. The number of benzene rings is 1. The maximum absolute atomic E-state index is 12.5. The number of carbonyl (C=O) groups excluding carboxylic acids is 1. The third-order valence-electron chi connectivity index (χ3n) is 5.76. The predicted molar refractivity (Wildman–Crippen MR) is 124 cm³/mol. The highest BCUT2D eigenvalue weighted by Gasteiger charge is 2.34. The molecule has 0 saturated heterocycles. The lowest BCUT2D eigenvalue weighted by atomic mass is 9.98. The van der Waals surface area contributed by atoms with E-state index in [9.17, 15) is 10.1 Å². The first kappa shape index (κ1) is 21.4. The number of rotatable bonds is 6. The Morgan fingerprint density at radius 1 is 1.31 bits per heavy atom. The lowest BCUT2D eigenvalue weighted by Gasteiger charge is -2.38. The highest BCUT2D eigenvalue weighted by molar-refractivity contribution is 6.04. The van der Waals surface area contributed by atoms with E-state index in [1.807, 2.05) is 80.1 Å². The van der Waals surface area contributed by atoms with Crippen molar-refractivity contribution in [3.8, 4) is 6.07 Å². The maximum Gasteiger partial charge on any atom is 0.247 e. The number of likely N-dealkylation sites (N-methyl/N-ethyl adjacent to an activating group) is 1. The maximum atomic E-state index is 12.5. The fourth-order valence-corrected chi connectivity index (χ4v) is 4.17. The third-order valence-corrected chi connectivity index (χ3v) is 5.76. The second kappa shape index (κ2) is 8.71. The SMILES string of the molecule is Cc1nc(NCc2cnn(Cc3ccccc3C#N)c2)cc2c1NC(=O)[C@H](C(C)C)N2C. The van der Waals surface area contributed by atoms with Crippen LogP contribution in [0.2, 0.25) is 0 Å². The number of anilines is 3. The number of hydrogen-bond acceptors (Lipinski definition) is 6. The summed E-state index contributed by atoms with van der Waals surface area (Å²) in [4.78, 5) is 19.2. The van der Waals surface area contributed by atoms with Crippen molar-refractivity contribution in [2.75, 3.05) is 22.6 Å². The molecule has 1 aliphatic heterocycles. The van der Waals surface area contributed by atoms with Crippen LogP contribution < -0.4 is 15.5 Å². The molecule has 0 bridgehead atoms. The van der Waals surface area contributed by atoms with E-state index in [2.05, 4.69) is 26.8 Å². The number of aromatic nitrogens is 3. The van der Waals surface area contributed by atoms with Gasteiger partial charge in [-0.25, -0.2) is 4.98 Å². The number of carbonyl (C=O) groups is 1. The Morgan fingerprint density at radius 3 is 2.84 bits per heavy atom. The Balaban J connectivity index is 1.48. The van der Waals surface area contributed by atoms with E-state index >= 15 is 0 Å². The summed E-state index contributed by atoms with van der Waals surface area (Å²) in [5, 5.41) is 20.1. The van der Waals surface area contributed by atoms with Crippen molar-refractivity contribution in [2.24, 2.45) is 5.92 Å². The lowest BCUT2D eigenvalue weighted by Crippen LogP contribution is -2.49. The first-order chi connectivity index (χ1) is 15.4. The highest BCUT2D eigenvalue weighted by Crippen LogP contribution is 2.36. The summed E-state index contributed by atoms with van der Waals surface area (Å²) in [6.45, 7) is 7.10. The second-order valence-electron chi connectivity index (χ2n) is 8.44. The molecule has 32 heavy (non-hydrogen) atoms. The number of hydrogen-bond donors (Lipinski definition) is 2. The molecule has 0 aliphatic carbocycles. The van der Waals surface area contributed by atoms with E-state index in [1.54, 1.807) is 0 Å². The second-order valence-corrected chi connectivity index (χ2v) is 8.44. The van der Waals surface area contributed by atoms with Crippen molar-refractivity contribution in [1.82, 2.24) is 14.8 Å². The van der Waals surface area contributed by atoms with Gasteiger partial charge in [0.1, 0.15) is 11.9 Å². The normalized spacial score (nSPS) is 15.3. The molecule has 2 aromatic heterocycles. The molecule has 3 aromatic rings. The molecule has 3 heterocycles. The first-order valence-electron chi connectivity index (χ1n) is 10.7. The zero-order valence-corrected chi connectivity index (χ0v) is 18.8. The van der Waals surface area contributed by atoms with E-state index in [0.717, 1.165) is 34.0 Å². The Morgan fingerprint density at radius 2 is 2.09 bits per heavy atom. The number of pyridine rings is 1. The van der Waals surface area contributed by atoms with E-state index in [0.29, 0.717) is 18.7 Å². The van der Waals surface area contributed by atoms with Gasteiger partial charge in [-0.1, -0.05) is 32.0 Å². The molecule has 8 heteroatoms. The van der Waals surface area contributed by atoms with Gasteiger partial charge < -0.3 is 15.5 Å². The zero-order chi connectivity index (χ0) is 22.8. The standard InChI is InChI=1S/C24H27N7O/c1-15(2)23-24(32)29-22-16(3)28-21(9-20(22)30(23)4)26-11-17-12-27-31(13-17)14-19-8-6-5-7-18(19)10-25/h5-9,12-13,15,23H,11,14H2,1-4H3,(H,26,28)(H,29,32)/t23-/m0/s1. The van der Waals surface area contributed by atoms with E-state index in [1.165, 1.54) is 0 Å². The van der Waals surface area contributed by atoms with Gasteiger partial charge in [0.05, 0.1) is 41.4 Å². The molecule has 1 amide bonds. The zero-order valence-electron chi connectivity index (χ0n) is 18.8. The summed E-state index contributed by atoms with van der Waals surface area (Å²) in [5.41, 5.74) is 5.11. The van der Waals surface area contributed by atoms with Crippen LogP contribution in [0.5, 0.6) is 0 Å². The van der Waals surface area contributed by atoms with Gasteiger partial charge in [-0.3, -0.25) is 9.48 Å². The van der Waals surface area contributed by atoms with Gasteiger partial charge in [-0.15, -0.1) is 0 Å². The Bertz CT molecular complexity index is 1190. The van der Waals surface area contributed by atoms with E-state index in [4.69, 9.17) is 0 Å². The van der Waals surface area contributed by atoms with Gasteiger partial charge in [-0.2, -0.15) is 10.4 Å². The van der Waals surface area contributed by atoms with Gasteiger partial charge in [0, 0.05) is 31.4 Å². The topological polar surface area (TPSA) is 98.9 Å². The molecule has 4 rings (SSSR count). The molecule has 0 saturated carbocycles. The minimum atomic E-state index is -0.216. The number of fused-ring (bicyclic) bond motifs is 1. The Hall–Kier alpha value is -3.86. The van der Waals surface area contributed by atoms with Gasteiger partial charge in [-0.05, 0) is 24.5 Å². The average molecular weight is 430 g/mol. The molecular formula is C24H27N7O. The van der Waals surface area contributed by atoms with Crippen molar-refractivity contribution < 1.29 is 4.79 Å². The number of amides is 1. The summed E-state index contributed by atoms with van der Waals surface area (Å²) in [7, 11) is 1.95. The monoisotopic (exact) mass is 429 g/mol. The third kappa shape index (κ3) is 4.14. The highest BCUT2D eigenvalue weighted by atomic mass is 16.2. The van der Waals surface area contributed by atoms with Crippen LogP contribution in [0, 0.1) is 24.2 Å². The lowest BCUT2D eigenvalue weighted by molar-refractivity contribution is -0.118. The predicted octanol–water partition coefficient (Wildman–Crippen LogP) is 3.53. The van der Waals surface area contributed by atoms with Crippen LogP contribution in [0.3, 0.4) is 0 Å². The van der Waals surface area contributed by atoms with Crippen molar-refractivity contribution in [2.45, 2.75) is 39.9 Å². The molecule has 8 nitrogen and oxygen atoms in total. The van der Waals surface area contributed by atoms with Crippen LogP contribution in [0.4, 0.5) is 17.2 Å². The number of nitrogens with one attached hydrogen (secondary N) is 2. The number of nitriles is 1. The van der Waals surface area contributed by atoms with Gasteiger partial charge in [0.25, 0.3) is 0 Å². The quantitative estimate of drug-likeness (QED) is 0.622. The van der Waals surface area contributed by atoms with Gasteiger partial charge >= 0.3 is 0 Å². The Kier molecular flexibility index (Phi) is 5.82. The molecule has 2 N–H and O–H groups in total. The van der Waals surface area contributed by atoms with Crippen molar-refractivity contribution in [3.05, 3.63) is 65.1 Å². The van der Waals surface area contributed by atoms with Crippen LogP contribution in [0.1, 0.15) is 36.2 Å². The van der Waals surface area contributed by atoms with Gasteiger partial charge in [0.2, 0.25) is 5.91 Å². The van der Waals surface area contributed by atoms with Crippen LogP contribution in [0.15, 0.2) is 42.7 Å². The molecule has 0 spiro atoms. The largest absolute Gasteiger partial charge is 0.366 e. The fraction of sp³-hybridized carbons (Fsp3) is 0.333. The molecule has 164 valence electrons. The van der Waals surface area contributed by atoms with Crippen molar-refractivity contribution in [3.63, 3.8) is 0 Å². The molecule has 1 atom stereocenters. The van der Waals surface area contributed by atoms with Crippen LogP contribution in [-0.2, 0) is 17.9 Å². The Labute approximate surface area is 187 Å². The minimum absolute atomic E-state index is 0.00555. The summed E-state index contributed by atoms with van der Waals surface area (Å²) in [6.07, 6.45) is 3.78. The van der Waals surface area contributed by atoms with Crippen LogP contribution in [0.25, 0.3) is 0 Å². The number of aryl methyl sites for hydroxylation is 1. The molecule has 1 aliphatic rings. The van der Waals surface area contributed by atoms with E-state index < -0.39 is 0 Å². The van der Waals surface area contributed by atoms with Crippen LogP contribution in [-0.4, -0.2) is 33.8 Å². The van der Waals surface area contributed by atoms with Crippen LogP contribution >= 0.6 is 0 Å². The molecule has 1 aromatic carbocycles. The fourth-order valence-electron chi connectivity index (χ4n) is 4.17. The van der Waals surface area contributed by atoms with Gasteiger partial charge in [0.15, 0.2) is 0 Å². The van der Waals surface area contributed by atoms with E-state index in [-0.39, 0.29) is 17.9 Å². The summed E-state index contributed by atoms with van der Waals surface area (Å²) in [6, 6.07) is 11.5. The molecule has 0 radical (unpaired) electrons. The summed E-state index contributed by atoms with van der Waals surface area (Å²) in [5.74, 6) is 0.940. The molecular weight excluding hydrogens is 402 g/mol. The smallest absolute Gasteiger partial charge is 0.247 e. The molecule has 0 fully saturated rings. The first-order valence-corrected chi connectivity index (χ1v) is 10.7. The number of nitrogens with zero attached hydrogens (tertiary/aromatic N) is 5. The van der Waals surface area contributed by atoms with Crippen molar-refractivity contribution >= 4 is 23.1 Å². The summed E-state index contributed by atoms with van der Waals surface area (Å²) < 4.78 is 1.83. The molecule has 0 unspecified atom stereocenters. The van der Waals surface area contributed by atoms with Crippen molar-refractivity contribution in [1.29, 1.82) is 5.26 Å².